The molecule has 1 aliphatic carbocycles. The van der Waals surface area contributed by atoms with Crippen LogP contribution >= 0.6 is 15.9 Å². The zero-order chi connectivity index (χ0) is 11.5. The van der Waals surface area contributed by atoms with Crippen molar-refractivity contribution < 1.29 is 19.4 Å². The first-order chi connectivity index (χ1) is 7.54. The maximum atomic E-state index is 12.0. The minimum Gasteiger partial charge on any atom is -0.478 e. The molecule has 1 fully saturated rings. The van der Waals surface area contributed by atoms with Crippen molar-refractivity contribution >= 4 is 27.7 Å². The number of halogens is 1. The fraction of sp³-hybridized carbons (Fsp3) is 0.273. The Balaban J connectivity index is 2.11. The Morgan fingerprint density at radius 3 is 3.00 bits per heavy atom. The van der Waals surface area contributed by atoms with Crippen molar-refractivity contribution in [3.8, 4) is 5.75 Å². The maximum absolute atomic E-state index is 12.0. The van der Waals surface area contributed by atoms with E-state index in [9.17, 15) is 9.59 Å². The van der Waals surface area contributed by atoms with Crippen molar-refractivity contribution in [2.75, 3.05) is 0 Å². The lowest BCUT2D eigenvalue weighted by Crippen LogP contribution is -2.37. The van der Waals surface area contributed by atoms with Gasteiger partial charge in [-0.05, 0) is 18.2 Å². The van der Waals surface area contributed by atoms with Gasteiger partial charge in [-0.15, -0.1) is 0 Å². The Morgan fingerprint density at radius 2 is 2.31 bits per heavy atom. The predicted molar refractivity (Wildman–Crippen MR) is 57.6 cm³/mol. The largest absolute Gasteiger partial charge is 0.478 e. The van der Waals surface area contributed by atoms with Gasteiger partial charge < -0.3 is 9.84 Å². The van der Waals surface area contributed by atoms with Crippen LogP contribution in [0, 0.1) is 5.92 Å². The number of Topliss-reactive ketones (excluding diaryl/α,β-unsaturated/α-hetero) is 1. The Bertz CT molecular complexity index is 525. The number of carboxylic acids is 1. The molecule has 0 spiro atoms. The third-order valence-electron chi connectivity index (χ3n) is 3.09. The van der Waals surface area contributed by atoms with Gasteiger partial charge in [0.25, 0.3) is 0 Å². The third-order valence-corrected chi connectivity index (χ3v) is 3.58. The average molecular weight is 283 g/mol. The number of carbonyl (C=O) groups excluding carboxylic acids is 1. The average Bonchev–Trinajstić information content (AvgIpc) is 2.96. The molecule has 0 amide bonds. The highest BCUT2D eigenvalue weighted by atomic mass is 79.9. The van der Waals surface area contributed by atoms with Crippen LogP contribution in [-0.4, -0.2) is 22.5 Å². The van der Waals surface area contributed by atoms with Crippen LogP contribution in [0.5, 0.6) is 5.75 Å². The summed E-state index contributed by atoms with van der Waals surface area (Å²) in [6.45, 7) is 0. The van der Waals surface area contributed by atoms with Crippen LogP contribution in [0.2, 0.25) is 0 Å². The number of carbonyl (C=O) groups is 2. The molecular formula is C11H7BrO4. The molecule has 4 nitrogen and oxygen atoms in total. The van der Waals surface area contributed by atoms with Crippen molar-refractivity contribution in [3.05, 3.63) is 28.2 Å². The van der Waals surface area contributed by atoms with Gasteiger partial charge in [0.2, 0.25) is 5.60 Å². The number of rotatable bonds is 1. The van der Waals surface area contributed by atoms with Crippen molar-refractivity contribution in [2.24, 2.45) is 5.92 Å². The second kappa shape index (κ2) is 2.85. The van der Waals surface area contributed by atoms with Gasteiger partial charge in [-0.3, -0.25) is 4.79 Å². The van der Waals surface area contributed by atoms with Crippen LogP contribution in [-0.2, 0) is 4.79 Å². The minimum absolute atomic E-state index is 0.134. The molecule has 1 aromatic rings. The molecule has 5 heteroatoms. The van der Waals surface area contributed by atoms with Gasteiger partial charge in [-0.2, -0.15) is 0 Å². The number of ketones is 1. The predicted octanol–water partition coefficient (Wildman–Crippen LogP) is 1.87. The van der Waals surface area contributed by atoms with E-state index in [1.54, 1.807) is 18.2 Å². The fourth-order valence-electron chi connectivity index (χ4n) is 2.11. The standard InChI is InChI=1S/C11H7BrO4/c12-5-1-2-8-6(3-5)9(13)7-4-11(7,16-8)10(14)15/h1-3,7H,4H2,(H,14,15)/t7-,11-/m1/s1. The van der Waals surface area contributed by atoms with E-state index in [0.29, 0.717) is 11.3 Å². The van der Waals surface area contributed by atoms with E-state index in [1.807, 2.05) is 0 Å². The molecule has 1 aromatic carbocycles. The molecule has 0 radical (unpaired) electrons. The van der Waals surface area contributed by atoms with E-state index >= 15 is 0 Å². The number of fused-ring (bicyclic) bond motifs is 2. The van der Waals surface area contributed by atoms with Crippen molar-refractivity contribution in [3.63, 3.8) is 0 Å². The van der Waals surface area contributed by atoms with Gasteiger partial charge in [0.05, 0.1) is 11.5 Å². The molecule has 16 heavy (non-hydrogen) atoms. The van der Waals surface area contributed by atoms with Crippen LogP contribution in [0.4, 0.5) is 0 Å². The molecule has 0 saturated heterocycles. The van der Waals surface area contributed by atoms with Crippen LogP contribution < -0.4 is 4.74 Å². The third kappa shape index (κ3) is 1.09. The molecule has 0 unspecified atom stereocenters. The SMILES string of the molecule is O=C1c2cc(Br)ccc2O[C@]2(C(=O)O)C[C@H]12. The summed E-state index contributed by atoms with van der Waals surface area (Å²) in [4.78, 5) is 23.0. The molecule has 1 aliphatic heterocycles. The lowest BCUT2D eigenvalue weighted by Gasteiger charge is -2.22. The summed E-state index contributed by atoms with van der Waals surface area (Å²) in [5, 5.41) is 9.05. The second-order valence-electron chi connectivity index (χ2n) is 4.06. The van der Waals surface area contributed by atoms with Crippen LogP contribution in [0.1, 0.15) is 16.8 Å². The summed E-state index contributed by atoms with van der Waals surface area (Å²) in [5.74, 6) is -1.35. The molecule has 0 bridgehead atoms. The fourth-order valence-corrected chi connectivity index (χ4v) is 2.47. The first-order valence-electron chi connectivity index (χ1n) is 4.81. The maximum Gasteiger partial charge on any atom is 0.348 e. The van der Waals surface area contributed by atoms with Gasteiger partial charge in [0.1, 0.15) is 5.75 Å². The molecular weight excluding hydrogens is 276 g/mol. The lowest BCUT2D eigenvalue weighted by atomic mass is 10.0. The Kier molecular flexibility index (Phi) is 1.75. The van der Waals surface area contributed by atoms with Crippen LogP contribution in [0.25, 0.3) is 0 Å². The first-order valence-corrected chi connectivity index (χ1v) is 5.60. The van der Waals surface area contributed by atoms with E-state index in [4.69, 9.17) is 9.84 Å². The molecule has 2 atom stereocenters. The van der Waals surface area contributed by atoms with Gasteiger partial charge in [0.15, 0.2) is 5.78 Å². The van der Waals surface area contributed by atoms with E-state index in [2.05, 4.69) is 15.9 Å². The topological polar surface area (TPSA) is 63.6 Å². The number of ether oxygens (including phenoxy) is 1. The summed E-state index contributed by atoms with van der Waals surface area (Å²) >= 11 is 3.27. The summed E-state index contributed by atoms with van der Waals surface area (Å²) in [5.41, 5.74) is -0.827. The number of aliphatic carboxylic acids is 1. The summed E-state index contributed by atoms with van der Waals surface area (Å²) in [6.07, 6.45) is 0.271. The van der Waals surface area contributed by atoms with E-state index in [0.717, 1.165) is 4.47 Å². The Morgan fingerprint density at radius 1 is 1.56 bits per heavy atom. The quantitative estimate of drug-likeness (QED) is 0.854. The number of hydrogen-bond acceptors (Lipinski definition) is 3. The zero-order valence-electron chi connectivity index (χ0n) is 8.07. The monoisotopic (exact) mass is 282 g/mol. The van der Waals surface area contributed by atoms with Crippen molar-refractivity contribution in [1.82, 2.24) is 0 Å². The molecule has 1 N–H and O–H groups in total. The Hall–Kier alpha value is -1.36. The zero-order valence-corrected chi connectivity index (χ0v) is 9.65. The summed E-state index contributed by atoms with van der Waals surface area (Å²) in [7, 11) is 0. The summed E-state index contributed by atoms with van der Waals surface area (Å²) in [6, 6.07) is 5.02. The second-order valence-corrected chi connectivity index (χ2v) is 4.97. The smallest absolute Gasteiger partial charge is 0.348 e. The number of benzene rings is 1. The van der Waals surface area contributed by atoms with Gasteiger partial charge >= 0.3 is 5.97 Å². The van der Waals surface area contributed by atoms with Crippen molar-refractivity contribution in [2.45, 2.75) is 12.0 Å². The van der Waals surface area contributed by atoms with E-state index in [-0.39, 0.29) is 12.2 Å². The van der Waals surface area contributed by atoms with Gasteiger partial charge in [-0.25, -0.2) is 4.79 Å². The van der Waals surface area contributed by atoms with E-state index < -0.39 is 17.5 Å². The highest BCUT2D eigenvalue weighted by Gasteiger charge is 2.69. The lowest BCUT2D eigenvalue weighted by molar-refractivity contribution is -0.148. The number of hydrogen-bond donors (Lipinski definition) is 1. The number of carboxylic acid groups (broad SMARTS) is 1. The first kappa shape index (κ1) is 9.84. The van der Waals surface area contributed by atoms with Gasteiger partial charge in [-0.1, -0.05) is 15.9 Å². The molecule has 3 rings (SSSR count). The molecule has 82 valence electrons. The summed E-state index contributed by atoms with van der Waals surface area (Å²) < 4.78 is 6.22. The van der Waals surface area contributed by atoms with Crippen LogP contribution in [0.3, 0.4) is 0 Å². The molecule has 0 aromatic heterocycles. The molecule has 1 saturated carbocycles. The highest BCUT2D eigenvalue weighted by molar-refractivity contribution is 9.10. The van der Waals surface area contributed by atoms with E-state index in [1.165, 1.54) is 0 Å². The van der Waals surface area contributed by atoms with Gasteiger partial charge in [0, 0.05) is 10.9 Å². The molecule has 1 heterocycles. The highest BCUT2D eigenvalue weighted by Crippen LogP contribution is 2.54. The van der Waals surface area contributed by atoms with Crippen molar-refractivity contribution in [1.29, 1.82) is 0 Å². The Labute approximate surface area is 99.3 Å². The van der Waals surface area contributed by atoms with Crippen LogP contribution in [0.15, 0.2) is 22.7 Å². The normalized spacial score (nSPS) is 30.1. The minimum atomic E-state index is -1.29. The molecule has 2 aliphatic rings.